The predicted molar refractivity (Wildman–Crippen MR) is 70.5 cm³/mol. The highest BCUT2D eigenvalue weighted by Gasteiger charge is 2.20. The zero-order valence-corrected chi connectivity index (χ0v) is 10.8. The fourth-order valence-corrected chi connectivity index (χ4v) is 2.48. The van der Waals surface area contributed by atoms with Gasteiger partial charge in [-0.15, -0.1) is 6.42 Å². The Hall–Kier alpha value is -1.01. The monoisotopic (exact) mass is 236 g/mol. The molecule has 0 aromatic heterocycles. The van der Waals surface area contributed by atoms with Crippen molar-refractivity contribution in [1.82, 2.24) is 10.6 Å². The van der Waals surface area contributed by atoms with E-state index in [1.807, 2.05) is 0 Å². The third kappa shape index (κ3) is 5.74. The van der Waals surface area contributed by atoms with Gasteiger partial charge >= 0.3 is 0 Å². The maximum atomic E-state index is 11.6. The topological polar surface area (TPSA) is 41.1 Å². The molecular formula is C14H24N2O. The average Bonchev–Trinajstić information content (AvgIpc) is 2.57. The number of carbonyl (C=O) groups excluding carboxylic acids is 1. The predicted octanol–water partition coefficient (Wildman–Crippen LogP) is 1.68. The SMILES string of the molecule is C#CCNCC(=O)N[C@H](C)C1CCCCCC1. The molecule has 0 bridgehead atoms. The second kappa shape index (κ2) is 8.14. The van der Waals surface area contributed by atoms with Gasteiger partial charge in [0, 0.05) is 6.04 Å². The molecule has 2 N–H and O–H groups in total. The smallest absolute Gasteiger partial charge is 0.234 e. The van der Waals surface area contributed by atoms with Crippen LogP contribution in [0.4, 0.5) is 0 Å². The molecule has 1 saturated carbocycles. The molecule has 0 heterocycles. The first kappa shape index (κ1) is 14.1. The minimum absolute atomic E-state index is 0.0528. The van der Waals surface area contributed by atoms with E-state index in [2.05, 4.69) is 23.5 Å². The lowest BCUT2D eigenvalue weighted by Gasteiger charge is -2.23. The van der Waals surface area contributed by atoms with E-state index in [9.17, 15) is 4.79 Å². The molecule has 0 saturated heterocycles. The summed E-state index contributed by atoms with van der Waals surface area (Å²) in [7, 11) is 0. The zero-order valence-electron chi connectivity index (χ0n) is 10.8. The molecule has 3 heteroatoms. The van der Waals surface area contributed by atoms with E-state index in [1.165, 1.54) is 38.5 Å². The van der Waals surface area contributed by atoms with Crippen molar-refractivity contribution in [3.8, 4) is 12.3 Å². The molecule has 0 radical (unpaired) electrons. The van der Waals surface area contributed by atoms with Crippen molar-refractivity contribution in [2.75, 3.05) is 13.1 Å². The molecule has 1 fully saturated rings. The third-order valence-corrected chi connectivity index (χ3v) is 3.51. The standard InChI is InChI=1S/C14H24N2O/c1-3-10-15-11-14(17)16-12(2)13-8-6-4-5-7-9-13/h1,12-13,15H,4-11H2,2H3,(H,16,17)/t12-/m1/s1. The summed E-state index contributed by atoms with van der Waals surface area (Å²) in [6.07, 6.45) is 12.9. The molecule has 0 spiro atoms. The first-order valence-electron chi connectivity index (χ1n) is 6.67. The number of rotatable bonds is 5. The van der Waals surface area contributed by atoms with Crippen LogP contribution in [-0.2, 0) is 4.79 Å². The minimum atomic E-state index is 0.0528. The highest BCUT2D eigenvalue weighted by atomic mass is 16.1. The Labute approximate surface area is 105 Å². The summed E-state index contributed by atoms with van der Waals surface area (Å²) in [5, 5.41) is 5.97. The summed E-state index contributed by atoms with van der Waals surface area (Å²) in [5.41, 5.74) is 0. The van der Waals surface area contributed by atoms with Crippen molar-refractivity contribution in [2.45, 2.75) is 51.5 Å². The van der Waals surface area contributed by atoms with E-state index in [1.54, 1.807) is 0 Å². The summed E-state index contributed by atoms with van der Waals surface area (Å²) >= 11 is 0. The zero-order chi connectivity index (χ0) is 12.5. The molecule has 17 heavy (non-hydrogen) atoms. The van der Waals surface area contributed by atoms with Gasteiger partial charge in [-0.3, -0.25) is 10.1 Å². The van der Waals surface area contributed by atoms with Crippen LogP contribution in [0.5, 0.6) is 0 Å². The van der Waals surface area contributed by atoms with Crippen molar-refractivity contribution < 1.29 is 4.79 Å². The Morgan fingerprint density at radius 3 is 2.59 bits per heavy atom. The molecular weight excluding hydrogens is 212 g/mol. The molecule has 0 aliphatic heterocycles. The minimum Gasteiger partial charge on any atom is -0.352 e. The molecule has 0 aromatic rings. The van der Waals surface area contributed by atoms with Gasteiger partial charge in [-0.1, -0.05) is 31.6 Å². The number of terminal acetylenes is 1. The van der Waals surface area contributed by atoms with Crippen LogP contribution in [0.1, 0.15) is 45.4 Å². The van der Waals surface area contributed by atoms with E-state index >= 15 is 0 Å². The molecule has 0 aromatic carbocycles. The Morgan fingerprint density at radius 2 is 2.00 bits per heavy atom. The Balaban J connectivity index is 2.24. The van der Waals surface area contributed by atoms with E-state index in [4.69, 9.17) is 6.42 Å². The van der Waals surface area contributed by atoms with Crippen molar-refractivity contribution >= 4 is 5.91 Å². The van der Waals surface area contributed by atoms with Gasteiger partial charge in [0.1, 0.15) is 0 Å². The largest absolute Gasteiger partial charge is 0.352 e. The van der Waals surface area contributed by atoms with Crippen molar-refractivity contribution in [3.05, 3.63) is 0 Å². The lowest BCUT2D eigenvalue weighted by atomic mass is 9.93. The second-order valence-electron chi connectivity index (χ2n) is 4.92. The van der Waals surface area contributed by atoms with Gasteiger partial charge in [0.15, 0.2) is 0 Å². The van der Waals surface area contributed by atoms with Crippen molar-refractivity contribution in [2.24, 2.45) is 5.92 Å². The first-order chi connectivity index (χ1) is 8.24. The van der Waals surface area contributed by atoms with Crippen molar-refractivity contribution in [3.63, 3.8) is 0 Å². The van der Waals surface area contributed by atoms with Crippen LogP contribution in [0, 0.1) is 18.3 Å². The normalized spacial score (nSPS) is 19.1. The molecule has 0 unspecified atom stereocenters. The highest BCUT2D eigenvalue weighted by Crippen LogP contribution is 2.25. The highest BCUT2D eigenvalue weighted by molar-refractivity contribution is 5.78. The maximum Gasteiger partial charge on any atom is 0.234 e. The van der Waals surface area contributed by atoms with Crippen LogP contribution in [0.3, 0.4) is 0 Å². The molecule has 1 rings (SSSR count). The summed E-state index contributed by atoms with van der Waals surface area (Å²) in [5.74, 6) is 3.16. The lowest BCUT2D eigenvalue weighted by molar-refractivity contribution is -0.121. The van der Waals surface area contributed by atoms with E-state index in [-0.39, 0.29) is 11.9 Å². The summed E-state index contributed by atoms with van der Waals surface area (Å²) < 4.78 is 0. The summed E-state index contributed by atoms with van der Waals surface area (Å²) in [6, 6.07) is 0.285. The number of carbonyl (C=O) groups is 1. The van der Waals surface area contributed by atoms with Gasteiger partial charge in [0.25, 0.3) is 0 Å². The van der Waals surface area contributed by atoms with Crippen LogP contribution in [0.25, 0.3) is 0 Å². The van der Waals surface area contributed by atoms with Crippen LogP contribution in [0.2, 0.25) is 0 Å². The van der Waals surface area contributed by atoms with Crippen LogP contribution < -0.4 is 10.6 Å². The van der Waals surface area contributed by atoms with Gasteiger partial charge in [0.05, 0.1) is 13.1 Å². The van der Waals surface area contributed by atoms with Gasteiger partial charge in [-0.05, 0) is 25.7 Å². The lowest BCUT2D eigenvalue weighted by Crippen LogP contribution is -2.42. The van der Waals surface area contributed by atoms with Gasteiger partial charge < -0.3 is 5.32 Å². The maximum absolute atomic E-state index is 11.6. The molecule has 1 aliphatic rings. The molecule has 96 valence electrons. The quantitative estimate of drug-likeness (QED) is 0.433. The fourth-order valence-electron chi connectivity index (χ4n) is 2.48. The third-order valence-electron chi connectivity index (χ3n) is 3.51. The van der Waals surface area contributed by atoms with Gasteiger partial charge in [-0.2, -0.15) is 0 Å². The summed E-state index contributed by atoms with van der Waals surface area (Å²) in [6.45, 7) is 2.89. The number of hydrogen-bond acceptors (Lipinski definition) is 2. The molecule has 1 amide bonds. The Morgan fingerprint density at radius 1 is 1.35 bits per heavy atom. The summed E-state index contributed by atoms with van der Waals surface area (Å²) in [4.78, 5) is 11.6. The first-order valence-corrected chi connectivity index (χ1v) is 6.67. The van der Waals surface area contributed by atoms with Crippen LogP contribution in [0.15, 0.2) is 0 Å². The van der Waals surface area contributed by atoms with E-state index in [0.29, 0.717) is 19.0 Å². The fraction of sp³-hybridized carbons (Fsp3) is 0.786. The Bertz CT molecular complexity index is 262. The van der Waals surface area contributed by atoms with Gasteiger partial charge in [0.2, 0.25) is 5.91 Å². The number of amides is 1. The number of nitrogens with one attached hydrogen (secondary N) is 2. The molecule has 1 aliphatic carbocycles. The van der Waals surface area contributed by atoms with Crippen LogP contribution >= 0.6 is 0 Å². The van der Waals surface area contributed by atoms with E-state index < -0.39 is 0 Å². The van der Waals surface area contributed by atoms with Crippen molar-refractivity contribution in [1.29, 1.82) is 0 Å². The number of hydrogen-bond donors (Lipinski definition) is 2. The molecule has 3 nitrogen and oxygen atoms in total. The van der Waals surface area contributed by atoms with E-state index in [0.717, 1.165) is 0 Å². The second-order valence-corrected chi connectivity index (χ2v) is 4.92. The Kier molecular flexibility index (Phi) is 6.73. The van der Waals surface area contributed by atoms with Gasteiger partial charge in [-0.25, -0.2) is 0 Å². The average molecular weight is 236 g/mol. The van der Waals surface area contributed by atoms with Crippen LogP contribution in [-0.4, -0.2) is 25.0 Å². The molecule has 1 atom stereocenters.